The second-order valence-corrected chi connectivity index (χ2v) is 7.08. The highest BCUT2D eigenvalue weighted by Crippen LogP contribution is 2.15. The van der Waals surface area contributed by atoms with Crippen LogP contribution >= 0.6 is 0 Å². The highest BCUT2D eigenvalue weighted by molar-refractivity contribution is 5.75. The van der Waals surface area contributed by atoms with Crippen molar-refractivity contribution in [3.8, 4) is 5.75 Å². The minimum Gasteiger partial charge on any atom is -0.508 e. The molecule has 1 rings (SSSR count). The van der Waals surface area contributed by atoms with Gasteiger partial charge in [0.2, 0.25) is 0 Å². The normalized spacial score (nSPS) is 12.1. The summed E-state index contributed by atoms with van der Waals surface area (Å²) in [4.78, 5) is 12.0. The molecule has 1 atom stereocenters. The monoisotopic (exact) mass is 363 g/mol. The fraction of sp³-hybridized carbons (Fsp3) is 0.682. The summed E-state index contributed by atoms with van der Waals surface area (Å²) >= 11 is 0. The number of benzene rings is 1. The Morgan fingerprint density at radius 1 is 1.00 bits per heavy atom. The number of ether oxygens (including phenoxy) is 1. The molecule has 0 saturated carbocycles. The number of nitrogens with one attached hydrogen (secondary N) is 1. The van der Waals surface area contributed by atoms with Gasteiger partial charge in [0.05, 0.1) is 6.61 Å². The summed E-state index contributed by atoms with van der Waals surface area (Å²) in [7, 11) is 0. The zero-order valence-electron chi connectivity index (χ0n) is 16.6. The molecule has 0 amide bonds. The number of esters is 1. The summed E-state index contributed by atoms with van der Waals surface area (Å²) in [5, 5.41) is 12.8. The van der Waals surface area contributed by atoms with Gasteiger partial charge in [-0.15, -0.1) is 0 Å². The summed E-state index contributed by atoms with van der Waals surface area (Å²) in [5.41, 5.74) is 0.779. The molecule has 4 nitrogen and oxygen atoms in total. The lowest BCUT2D eigenvalue weighted by atomic mass is 10.1. The molecule has 1 aromatic rings. The fourth-order valence-electron chi connectivity index (χ4n) is 2.89. The Bertz CT molecular complexity index is 490. The predicted octanol–water partition coefficient (Wildman–Crippen LogP) is 5.33. The Balaban J connectivity index is 1.98. The van der Waals surface area contributed by atoms with E-state index in [1.807, 2.05) is 12.1 Å². The Morgan fingerprint density at radius 3 is 2.19 bits per heavy atom. The van der Waals surface area contributed by atoms with Crippen molar-refractivity contribution in [2.45, 2.75) is 90.6 Å². The van der Waals surface area contributed by atoms with Crippen LogP contribution in [0.3, 0.4) is 0 Å². The average Bonchev–Trinajstić information content (AvgIpc) is 2.65. The van der Waals surface area contributed by atoms with E-state index in [9.17, 15) is 9.90 Å². The molecule has 26 heavy (non-hydrogen) atoms. The zero-order chi connectivity index (χ0) is 19.0. The molecule has 0 aromatic heterocycles. The Hall–Kier alpha value is -1.55. The van der Waals surface area contributed by atoms with Gasteiger partial charge in [0.15, 0.2) is 0 Å². The number of phenols is 1. The Morgan fingerprint density at radius 2 is 1.58 bits per heavy atom. The lowest BCUT2D eigenvalue weighted by Gasteiger charge is -2.14. The molecule has 0 unspecified atom stereocenters. The van der Waals surface area contributed by atoms with E-state index in [2.05, 4.69) is 12.2 Å². The second kappa shape index (κ2) is 14.6. The zero-order valence-corrected chi connectivity index (χ0v) is 16.6. The first kappa shape index (κ1) is 22.5. The van der Waals surface area contributed by atoms with Crippen LogP contribution in [-0.4, -0.2) is 23.7 Å². The van der Waals surface area contributed by atoms with Crippen molar-refractivity contribution in [1.29, 1.82) is 0 Å². The van der Waals surface area contributed by atoms with Crippen molar-refractivity contribution in [3.05, 3.63) is 29.8 Å². The largest absolute Gasteiger partial charge is 0.508 e. The van der Waals surface area contributed by atoms with Crippen molar-refractivity contribution in [2.24, 2.45) is 0 Å². The molecular formula is C22H37NO3. The molecular weight excluding hydrogens is 326 g/mol. The van der Waals surface area contributed by atoms with E-state index in [4.69, 9.17) is 4.74 Å². The number of rotatable bonds is 15. The molecule has 0 spiro atoms. The fourth-order valence-corrected chi connectivity index (χ4v) is 2.89. The molecule has 0 aliphatic rings. The Labute approximate surface area is 159 Å². The molecule has 0 bridgehead atoms. The summed E-state index contributed by atoms with van der Waals surface area (Å²) in [6, 6.07) is 6.75. The average molecular weight is 364 g/mol. The van der Waals surface area contributed by atoms with E-state index >= 15 is 0 Å². The van der Waals surface area contributed by atoms with Crippen LogP contribution in [0, 0.1) is 0 Å². The molecule has 0 radical (unpaired) electrons. The number of para-hydroxylation sites is 1. The van der Waals surface area contributed by atoms with E-state index in [1.165, 1.54) is 51.4 Å². The van der Waals surface area contributed by atoms with Crippen molar-refractivity contribution in [3.63, 3.8) is 0 Å². The summed E-state index contributed by atoms with van der Waals surface area (Å²) < 4.78 is 5.33. The number of unbranched alkanes of at least 4 members (excludes halogenated alkanes) is 9. The van der Waals surface area contributed by atoms with Crippen LogP contribution in [0.1, 0.15) is 83.6 Å². The van der Waals surface area contributed by atoms with Gasteiger partial charge >= 0.3 is 5.97 Å². The molecule has 0 heterocycles. The minimum atomic E-state index is -0.377. The van der Waals surface area contributed by atoms with Crippen LogP contribution in [0.4, 0.5) is 0 Å². The van der Waals surface area contributed by atoms with Crippen molar-refractivity contribution >= 4 is 5.97 Å². The van der Waals surface area contributed by atoms with Crippen LogP contribution in [0.5, 0.6) is 5.75 Å². The summed E-state index contributed by atoms with van der Waals surface area (Å²) in [5.74, 6) is 0.0160. The van der Waals surface area contributed by atoms with Gasteiger partial charge in [-0.3, -0.25) is 4.79 Å². The number of hydrogen-bond donors (Lipinski definition) is 2. The summed E-state index contributed by atoms with van der Waals surface area (Å²) in [6.45, 7) is 4.98. The van der Waals surface area contributed by atoms with Crippen LogP contribution in [-0.2, 0) is 16.1 Å². The lowest BCUT2D eigenvalue weighted by molar-refractivity contribution is -0.145. The van der Waals surface area contributed by atoms with Crippen LogP contribution in [0.2, 0.25) is 0 Å². The number of aromatic hydroxyl groups is 1. The molecule has 1 aromatic carbocycles. The number of phenolic OH excluding ortho intramolecular Hbond substituents is 1. The van der Waals surface area contributed by atoms with Gasteiger partial charge in [0.25, 0.3) is 0 Å². The first-order valence-corrected chi connectivity index (χ1v) is 10.3. The Kier molecular flexibility index (Phi) is 12.6. The van der Waals surface area contributed by atoms with Gasteiger partial charge in [-0.25, -0.2) is 0 Å². The van der Waals surface area contributed by atoms with E-state index in [1.54, 1.807) is 19.1 Å². The SMILES string of the molecule is CCCCCCCCCCCCOC(=O)[C@H](C)NCc1ccccc1O. The van der Waals surface area contributed by atoms with Gasteiger partial charge in [-0.1, -0.05) is 82.9 Å². The standard InChI is InChI=1S/C22H37NO3/c1-3-4-5-6-7-8-9-10-11-14-17-26-22(25)19(2)23-18-20-15-12-13-16-21(20)24/h12-13,15-16,19,23-24H,3-11,14,17-18H2,1-2H3/t19-/m0/s1. The molecule has 148 valence electrons. The third kappa shape index (κ3) is 10.4. The summed E-state index contributed by atoms with van der Waals surface area (Å²) in [6.07, 6.45) is 12.7. The first-order valence-electron chi connectivity index (χ1n) is 10.3. The van der Waals surface area contributed by atoms with Crippen LogP contribution in [0.25, 0.3) is 0 Å². The maximum absolute atomic E-state index is 12.0. The molecule has 0 fully saturated rings. The number of carbonyl (C=O) groups excluding carboxylic acids is 1. The molecule has 4 heteroatoms. The topological polar surface area (TPSA) is 58.6 Å². The third-order valence-electron chi connectivity index (χ3n) is 4.69. The predicted molar refractivity (Wildman–Crippen MR) is 107 cm³/mol. The maximum Gasteiger partial charge on any atom is 0.322 e. The van der Waals surface area contributed by atoms with Crippen molar-refractivity contribution < 1.29 is 14.6 Å². The second-order valence-electron chi connectivity index (χ2n) is 7.08. The first-order chi connectivity index (χ1) is 12.6. The molecule has 0 aliphatic carbocycles. The van der Waals surface area contributed by atoms with E-state index < -0.39 is 0 Å². The van der Waals surface area contributed by atoms with Crippen molar-refractivity contribution in [2.75, 3.05) is 6.61 Å². The maximum atomic E-state index is 12.0. The van der Waals surface area contributed by atoms with Crippen LogP contribution in [0.15, 0.2) is 24.3 Å². The van der Waals surface area contributed by atoms with E-state index in [0.717, 1.165) is 18.4 Å². The van der Waals surface area contributed by atoms with E-state index in [-0.39, 0.29) is 17.8 Å². The van der Waals surface area contributed by atoms with Gasteiger partial charge in [-0.05, 0) is 19.4 Å². The van der Waals surface area contributed by atoms with Crippen molar-refractivity contribution in [1.82, 2.24) is 5.32 Å². The van der Waals surface area contributed by atoms with Gasteiger partial charge < -0.3 is 15.2 Å². The molecule has 0 saturated heterocycles. The van der Waals surface area contributed by atoms with Gasteiger partial charge in [-0.2, -0.15) is 0 Å². The number of carbonyl (C=O) groups is 1. The smallest absolute Gasteiger partial charge is 0.322 e. The third-order valence-corrected chi connectivity index (χ3v) is 4.69. The quantitative estimate of drug-likeness (QED) is 0.326. The molecule has 0 aliphatic heterocycles. The highest BCUT2D eigenvalue weighted by atomic mass is 16.5. The van der Waals surface area contributed by atoms with Gasteiger partial charge in [0.1, 0.15) is 11.8 Å². The molecule has 2 N–H and O–H groups in total. The minimum absolute atomic E-state index is 0.226. The van der Waals surface area contributed by atoms with E-state index in [0.29, 0.717) is 13.2 Å². The van der Waals surface area contributed by atoms with Crippen LogP contribution < -0.4 is 5.32 Å². The lowest BCUT2D eigenvalue weighted by Crippen LogP contribution is -2.35. The van der Waals surface area contributed by atoms with Gasteiger partial charge in [0, 0.05) is 12.1 Å². The highest BCUT2D eigenvalue weighted by Gasteiger charge is 2.14. The number of hydrogen-bond acceptors (Lipinski definition) is 4.